The van der Waals surface area contributed by atoms with Crippen LogP contribution in [0.1, 0.15) is 28.4 Å². The maximum atomic E-state index is 14.6. The van der Waals surface area contributed by atoms with E-state index in [1.165, 1.54) is 42.5 Å². The van der Waals surface area contributed by atoms with E-state index in [0.717, 1.165) is 25.6 Å². The first kappa shape index (κ1) is 25.6. The van der Waals surface area contributed by atoms with Gasteiger partial charge < -0.3 is 29.5 Å². The molecule has 1 fully saturated rings. The van der Waals surface area contributed by atoms with E-state index >= 15 is 0 Å². The van der Waals surface area contributed by atoms with Crippen molar-refractivity contribution < 1.29 is 37.7 Å². The number of rotatable bonds is 9. The predicted octanol–water partition coefficient (Wildman–Crippen LogP) is 3.64. The topological polar surface area (TPSA) is 97.3 Å². The van der Waals surface area contributed by atoms with E-state index in [2.05, 4.69) is 5.32 Å². The third kappa shape index (κ3) is 5.76. The fourth-order valence-electron chi connectivity index (χ4n) is 4.31. The number of ether oxygens (including phenoxy) is 3. The van der Waals surface area contributed by atoms with Gasteiger partial charge in [-0.15, -0.1) is 0 Å². The Morgan fingerprint density at radius 2 is 1.76 bits per heavy atom. The second-order valence-electron chi connectivity index (χ2n) is 9.12. The van der Waals surface area contributed by atoms with Crippen LogP contribution >= 0.6 is 0 Å². The number of benzene rings is 3. The minimum absolute atomic E-state index is 0.0200. The van der Waals surface area contributed by atoms with Crippen molar-refractivity contribution in [3.05, 3.63) is 83.4 Å². The van der Waals surface area contributed by atoms with E-state index in [9.17, 15) is 23.5 Å². The highest BCUT2D eigenvalue weighted by Crippen LogP contribution is 2.36. The van der Waals surface area contributed by atoms with Gasteiger partial charge in [-0.2, -0.15) is 0 Å². The van der Waals surface area contributed by atoms with Crippen LogP contribution in [0.2, 0.25) is 0 Å². The smallest absolute Gasteiger partial charge is 0.292 e. The van der Waals surface area contributed by atoms with Crippen molar-refractivity contribution in [2.45, 2.75) is 18.6 Å². The Hall–Kier alpha value is -4.02. The van der Waals surface area contributed by atoms with Crippen LogP contribution in [0.25, 0.3) is 0 Å². The molecule has 2 N–H and O–H groups in total. The highest BCUT2D eigenvalue weighted by Gasteiger charge is 2.31. The zero-order chi connectivity index (χ0) is 26.6. The molecule has 0 spiro atoms. The third-order valence-corrected chi connectivity index (χ3v) is 6.41. The third-order valence-electron chi connectivity index (χ3n) is 6.41. The molecule has 2 aliphatic heterocycles. The van der Waals surface area contributed by atoms with Crippen LogP contribution in [0.4, 0.5) is 8.78 Å². The highest BCUT2D eigenvalue weighted by molar-refractivity contribution is 6.42. The van der Waals surface area contributed by atoms with E-state index < -0.39 is 35.5 Å². The van der Waals surface area contributed by atoms with Crippen LogP contribution in [0.3, 0.4) is 0 Å². The molecular formula is C28H26F2N2O6. The van der Waals surface area contributed by atoms with E-state index in [1.807, 2.05) is 4.90 Å². The summed E-state index contributed by atoms with van der Waals surface area (Å²) in [5, 5.41) is 13.8. The van der Waals surface area contributed by atoms with Gasteiger partial charge in [-0.05, 0) is 73.6 Å². The van der Waals surface area contributed by atoms with E-state index in [-0.39, 0.29) is 42.4 Å². The molecule has 8 nitrogen and oxygen atoms in total. The fourth-order valence-corrected chi connectivity index (χ4v) is 4.31. The summed E-state index contributed by atoms with van der Waals surface area (Å²) in [6.07, 6.45) is -0.333. The standard InChI is InChI=1S/C28H26F2N2O6/c29-19-5-7-20(8-6-19)38-21-4-1-3-17(13-21)26(34)28(35)31-23(16-32-9-2-10-32)25(33)18-14-22(30)27-24(15-18)36-11-12-37-27/h1,3-8,13-15,23,25,33H,2,9-12,16H2,(H,31,35)/t23-,25-/m1/s1. The van der Waals surface area contributed by atoms with Crippen LogP contribution in [0, 0.1) is 11.6 Å². The molecule has 0 aromatic heterocycles. The number of halogens is 2. The molecule has 5 rings (SSSR count). The Kier molecular flexibility index (Phi) is 7.52. The number of likely N-dealkylation sites (tertiary alicyclic amines) is 1. The Morgan fingerprint density at radius 3 is 2.50 bits per heavy atom. The van der Waals surface area contributed by atoms with Gasteiger partial charge in [0, 0.05) is 12.1 Å². The zero-order valence-corrected chi connectivity index (χ0v) is 20.4. The summed E-state index contributed by atoms with van der Waals surface area (Å²) < 4.78 is 44.2. The summed E-state index contributed by atoms with van der Waals surface area (Å²) in [5.41, 5.74) is 0.268. The van der Waals surface area contributed by atoms with Crippen LogP contribution in [0.5, 0.6) is 23.0 Å². The summed E-state index contributed by atoms with van der Waals surface area (Å²) in [6, 6.07) is 13.1. The fraction of sp³-hybridized carbons (Fsp3) is 0.286. The van der Waals surface area contributed by atoms with Gasteiger partial charge in [0.1, 0.15) is 36.6 Å². The second kappa shape index (κ2) is 11.2. The van der Waals surface area contributed by atoms with E-state index in [4.69, 9.17) is 14.2 Å². The maximum Gasteiger partial charge on any atom is 0.292 e. The van der Waals surface area contributed by atoms with Crippen molar-refractivity contribution in [3.63, 3.8) is 0 Å². The average Bonchev–Trinajstić information content (AvgIpc) is 2.90. The molecule has 2 aliphatic rings. The van der Waals surface area contributed by atoms with Crippen molar-refractivity contribution >= 4 is 11.7 Å². The first-order valence-corrected chi connectivity index (χ1v) is 12.3. The quantitative estimate of drug-likeness (QED) is 0.326. The number of carbonyl (C=O) groups is 2. The number of carbonyl (C=O) groups excluding carboxylic acids is 2. The number of aliphatic hydroxyl groups is 1. The Bertz CT molecular complexity index is 1330. The summed E-state index contributed by atoms with van der Waals surface area (Å²) in [6.45, 7) is 2.30. The average molecular weight is 525 g/mol. The van der Waals surface area contributed by atoms with Gasteiger partial charge >= 0.3 is 0 Å². The summed E-state index contributed by atoms with van der Waals surface area (Å²) in [4.78, 5) is 28.0. The molecule has 2 heterocycles. The van der Waals surface area contributed by atoms with Gasteiger partial charge in [-0.25, -0.2) is 8.78 Å². The monoisotopic (exact) mass is 524 g/mol. The number of aliphatic hydroxyl groups excluding tert-OH is 1. The second-order valence-corrected chi connectivity index (χ2v) is 9.12. The largest absolute Gasteiger partial charge is 0.486 e. The van der Waals surface area contributed by atoms with Gasteiger partial charge in [0.15, 0.2) is 17.3 Å². The number of Topliss-reactive ketones (excluding diaryl/α,β-unsaturated/α-hetero) is 1. The number of nitrogens with zero attached hydrogens (tertiary/aromatic N) is 1. The van der Waals surface area contributed by atoms with Gasteiger partial charge in [-0.3, -0.25) is 9.59 Å². The molecule has 198 valence electrons. The Morgan fingerprint density at radius 1 is 1.00 bits per heavy atom. The van der Waals surface area contributed by atoms with Gasteiger partial charge in [0.05, 0.1) is 6.04 Å². The summed E-state index contributed by atoms with van der Waals surface area (Å²) >= 11 is 0. The molecule has 0 bridgehead atoms. The normalized spacial score (nSPS) is 16.2. The zero-order valence-electron chi connectivity index (χ0n) is 20.4. The van der Waals surface area contributed by atoms with E-state index in [0.29, 0.717) is 11.5 Å². The first-order valence-electron chi connectivity index (χ1n) is 12.3. The van der Waals surface area contributed by atoms with Gasteiger partial charge in [0.25, 0.3) is 5.91 Å². The van der Waals surface area contributed by atoms with Crippen molar-refractivity contribution in [1.29, 1.82) is 0 Å². The molecule has 1 saturated heterocycles. The molecule has 0 radical (unpaired) electrons. The molecule has 3 aromatic rings. The number of hydrogen-bond acceptors (Lipinski definition) is 7. The molecule has 0 saturated carbocycles. The van der Waals surface area contributed by atoms with Gasteiger partial charge in [0.2, 0.25) is 5.78 Å². The van der Waals surface area contributed by atoms with Crippen LogP contribution in [0.15, 0.2) is 60.7 Å². The van der Waals surface area contributed by atoms with Crippen LogP contribution in [-0.4, -0.2) is 60.6 Å². The molecule has 0 aliphatic carbocycles. The first-order chi connectivity index (χ1) is 18.4. The Balaban J connectivity index is 1.32. The number of hydrogen-bond donors (Lipinski definition) is 2. The molecular weight excluding hydrogens is 498 g/mol. The summed E-state index contributed by atoms with van der Waals surface area (Å²) in [7, 11) is 0. The van der Waals surface area contributed by atoms with Crippen molar-refractivity contribution in [1.82, 2.24) is 10.2 Å². The lowest BCUT2D eigenvalue weighted by Crippen LogP contribution is -2.52. The molecule has 2 atom stereocenters. The van der Waals surface area contributed by atoms with Gasteiger partial charge in [-0.1, -0.05) is 12.1 Å². The number of amides is 1. The molecule has 3 aromatic carbocycles. The number of ketones is 1. The minimum Gasteiger partial charge on any atom is -0.486 e. The van der Waals surface area contributed by atoms with Crippen LogP contribution in [-0.2, 0) is 4.79 Å². The van der Waals surface area contributed by atoms with E-state index in [1.54, 1.807) is 12.1 Å². The highest BCUT2D eigenvalue weighted by atomic mass is 19.1. The predicted molar refractivity (Wildman–Crippen MR) is 133 cm³/mol. The Labute approximate surface area is 217 Å². The summed E-state index contributed by atoms with van der Waals surface area (Å²) in [5.74, 6) is -2.03. The SMILES string of the molecule is O=C(N[C@H](CN1CCC1)[C@H](O)c1cc(F)c2c(c1)OCCO2)C(=O)c1cccc(Oc2ccc(F)cc2)c1. The minimum atomic E-state index is -1.31. The molecule has 38 heavy (non-hydrogen) atoms. The lowest BCUT2D eigenvalue weighted by molar-refractivity contribution is -0.118. The maximum absolute atomic E-state index is 14.6. The van der Waals surface area contributed by atoms with Crippen molar-refractivity contribution in [2.75, 3.05) is 32.8 Å². The van der Waals surface area contributed by atoms with Crippen molar-refractivity contribution in [2.24, 2.45) is 0 Å². The lowest BCUT2D eigenvalue weighted by Gasteiger charge is -2.36. The number of fused-ring (bicyclic) bond motifs is 1. The van der Waals surface area contributed by atoms with Crippen molar-refractivity contribution in [3.8, 4) is 23.0 Å². The molecule has 0 unspecified atom stereocenters. The van der Waals surface area contributed by atoms with Crippen LogP contribution < -0.4 is 19.5 Å². The lowest BCUT2D eigenvalue weighted by atomic mass is 9.99. The molecule has 1 amide bonds. The molecule has 10 heteroatoms. The number of nitrogens with one attached hydrogen (secondary N) is 1.